The first-order valence-corrected chi connectivity index (χ1v) is 5.14. The Kier molecular flexibility index (Phi) is 3.25. The van der Waals surface area contributed by atoms with Gasteiger partial charge in [0.15, 0.2) is 11.5 Å². The van der Waals surface area contributed by atoms with E-state index < -0.39 is 0 Å². The quantitative estimate of drug-likeness (QED) is 0.667. The molecule has 0 aliphatic rings. The molecule has 3 heteroatoms. The van der Waals surface area contributed by atoms with E-state index in [1.807, 2.05) is 6.07 Å². The predicted molar refractivity (Wildman–Crippen MR) is 61.0 cm³/mol. The maximum absolute atomic E-state index is 9.45. The normalized spacial score (nSPS) is 15.3. The molecule has 0 heterocycles. The van der Waals surface area contributed by atoms with Gasteiger partial charge in [0.25, 0.3) is 0 Å². The molecule has 3 nitrogen and oxygen atoms in total. The second-order valence-electron chi connectivity index (χ2n) is 4.48. The molecule has 0 spiro atoms. The van der Waals surface area contributed by atoms with Crippen LogP contribution in [0.3, 0.4) is 0 Å². The van der Waals surface area contributed by atoms with E-state index >= 15 is 0 Å². The molecule has 0 bridgehead atoms. The first-order chi connectivity index (χ1) is 6.91. The van der Waals surface area contributed by atoms with Crippen molar-refractivity contribution < 1.29 is 10.2 Å². The van der Waals surface area contributed by atoms with Gasteiger partial charge in [-0.3, -0.25) is 0 Å². The zero-order valence-electron chi connectivity index (χ0n) is 9.49. The van der Waals surface area contributed by atoms with Crippen LogP contribution in [0.25, 0.3) is 0 Å². The molecule has 0 aromatic heterocycles. The molecule has 15 heavy (non-hydrogen) atoms. The van der Waals surface area contributed by atoms with Gasteiger partial charge in [-0.05, 0) is 23.6 Å². The minimum absolute atomic E-state index is 0.0900. The van der Waals surface area contributed by atoms with Gasteiger partial charge in [0.2, 0.25) is 0 Å². The molecule has 1 aromatic rings. The minimum atomic E-state index is -0.175. The molecular weight excluding hydrogens is 190 g/mol. The number of nitrogens with two attached hydrogens (primary N) is 1. The largest absolute Gasteiger partial charge is 0.504 e. The van der Waals surface area contributed by atoms with Gasteiger partial charge in [0.05, 0.1) is 0 Å². The molecule has 0 amide bonds. The maximum Gasteiger partial charge on any atom is 0.157 e. The fourth-order valence-corrected chi connectivity index (χ4v) is 1.57. The smallest absolute Gasteiger partial charge is 0.157 e. The third-order valence-corrected chi connectivity index (χ3v) is 3.33. The van der Waals surface area contributed by atoms with Gasteiger partial charge in [-0.1, -0.05) is 26.8 Å². The second-order valence-corrected chi connectivity index (χ2v) is 4.48. The van der Waals surface area contributed by atoms with Crippen molar-refractivity contribution in [1.82, 2.24) is 0 Å². The van der Waals surface area contributed by atoms with Crippen LogP contribution in [-0.2, 0) is 5.41 Å². The van der Waals surface area contributed by atoms with Crippen LogP contribution >= 0.6 is 0 Å². The lowest BCUT2D eigenvalue weighted by atomic mass is 9.73. The summed E-state index contributed by atoms with van der Waals surface area (Å²) in [5.74, 6) is 0.182. The van der Waals surface area contributed by atoms with E-state index in [0.717, 1.165) is 5.56 Å². The number of phenols is 2. The molecule has 1 rings (SSSR count). The molecule has 0 aliphatic carbocycles. The van der Waals surface area contributed by atoms with E-state index in [1.165, 1.54) is 6.07 Å². The first kappa shape index (κ1) is 11.9. The van der Waals surface area contributed by atoms with Crippen molar-refractivity contribution in [1.29, 1.82) is 0 Å². The Morgan fingerprint density at radius 2 is 1.87 bits per heavy atom. The van der Waals surface area contributed by atoms with Crippen molar-refractivity contribution >= 4 is 0 Å². The summed E-state index contributed by atoms with van der Waals surface area (Å²) in [6.45, 7) is 6.76. The van der Waals surface area contributed by atoms with Crippen molar-refractivity contribution in [3.63, 3.8) is 0 Å². The molecule has 4 N–H and O–H groups in total. The molecule has 0 aliphatic heterocycles. The van der Waals surface area contributed by atoms with Crippen molar-refractivity contribution in [2.45, 2.75) is 26.2 Å². The van der Waals surface area contributed by atoms with Gasteiger partial charge in [-0.15, -0.1) is 0 Å². The van der Waals surface area contributed by atoms with E-state index in [4.69, 9.17) is 5.73 Å². The van der Waals surface area contributed by atoms with Crippen molar-refractivity contribution in [3.8, 4) is 11.5 Å². The average Bonchev–Trinajstić information content (AvgIpc) is 2.20. The van der Waals surface area contributed by atoms with E-state index in [2.05, 4.69) is 20.8 Å². The molecule has 1 aromatic carbocycles. The number of benzene rings is 1. The van der Waals surface area contributed by atoms with Crippen LogP contribution in [0.1, 0.15) is 26.3 Å². The standard InChI is InChI=1S/C12H19NO2/c1-8(2)12(3,7-13)9-4-5-10(14)11(15)6-9/h4-6,8,14-15H,7,13H2,1-3H3. The highest BCUT2D eigenvalue weighted by atomic mass is 16.3. The maximum atomic E-state index is 9.45. The fourth-order valence-electron chi connectivity index (χ4n) is 1.57. The summed E-state index contributed by atoms with van der Waals surface area (Å²) in [6.07, 6.45) is 0. The summed E-state index contributed by atoms with van der Waals surface area (Å²) >= 11 is 0. The third-order valence-electron chi connectivity index (χ3n) is 3.33. The van der Waals surface area contributed by atoms with Gasteiger partial charge in [0.1, 0.15) is 0 Å². The predicted octanol–water partition coefficient (Wildman–Crippen LogP) is 1.97. The van der Waals surface area contributed by atoms with Crippen LogP contribution in [0.2, 0.25) is 0 Å². The van der Waals surface area contributed by atoms with Crippen LogP contribution < -0.4 is 5.73 Å². The van der Waals surface area contributed by atoms with Crippen molar-refractivity contribution in [3.05, 3.63) is 23.8 Å². The minimum Gasteiger partial charge on any atom is -0.504 e. The Morgan fingerprint density at radius 3 is 2.27 bits per heavy atom. The Balaban J connectivity index is 3.19. The lowest BCUT2D eigenvalue weighted by molar-refractivity contribution is 0.343. The van der Waals surface area contributed by atoms with Gasteiger partial charge >= 0.3 is 0 Å². The Labute approximate surface area is 90.5 Å². The molecule has 1 unspecified atom stereocenters. The summed E-state index contributed by atoms with van der Waals surface area (Å²) in [6, 6.07) is 4.89. The highest BCUT2D eigenvalue weighted by molar-refractivity contribution is 5.43. The summed E-state index contributed by atoms with van der Waals surface area (Å²) in [5.41, 5.74) is 6.56. The molecule has 0 saturated heterocycles. The van der Waals surface area contributed by atoms with Gasteiger partial charge < -0.3 is 15.9 Å². The number of hydrogen-bond acceptors (Lipinski definition) is 3. The number of rotatable bonds is 3. The highest BCUT2D eigenvalue weighted by Crippen LogP contribution is 2.35. The zero-order chi connectivity index (χ0) is 11.6. The molecule has 0 fully saturated rings. The van der Waals surface area contributed by atoms with E-state index in [-0.39, 0.29) is 16.9 Å². The van der Waals surface area contributed by atoms with Crippen molar-refractivity contribution in [2.24, 2.45) is 11.7 Å². The van der Waals surface area contributed by atoms with Gasteiger partial charge in [-0.2, -0.15) is 0 Å². The van der Waals surface area contributed by atoms with Crippen LogP contribution in [0.4, 0.5) is 0 Å². The van der Waals surface area contributed by atoms with Crippen LogP contribution in [0.15, 0.2) is 18.2 Å². The third kappa shape index (κ3) is 2.07. The molecule has 1 atom stereocenters. The monoisotopic (exact) mass is 209 g/mol. The van der Waals surface area contributed by atoms with E-state index in [1.54, 1.807) is 6.07 Å². The van der Waals surface area contributed by atoms with E-state index in [9.17, 15) is 10.2 Å². The van der Waals surface area contributed by atoms with Gasteiger partial charge in [-0.25, -0.2) is 0 Å². The molecular formula is C12H19NO2. The van der Waals surface area contributed by atoms with Crippen LogP contribution in [0.5, 0.6) is 11.5 Å². The summed E-state index contributed by atoms with van der Waals surface area (Å²) in [5, 5.41) is 18.7. The van der Waals surface area contributed by atoms with Gasteiger partial charge in [0, 0.05) is 12.0 Å². The number of phenolic OH excluding ortho intramolecular Hbond substituents is 2. The lowest BCUT2D eigenvalue weighted by Crippen LogP contribution is -2.36. The SMILES string of the molecule is CC(C)C(C)(CN)c1ccc(O)c(O)c1. The summed E-state index contributed by atoms with van der Waals surface area (Å²) in [4.78, 5) is 0. The zero-order valence-corrected chi connectivity index (χ0v) is 9.49. The highest BCUT2D eigenvalue weighted by Gasteiger charge is 2.29. The summed E-state index contributed by atoms with van der Waals surface area (Å²) < 4.78 is 0. The van der Waals surface area contributed by atoms with E-state index in [0.29, 0.717) is 12.5 Å². The Bertz CT molecular complexity index is 349. The lowest BCUT2D eigenvalue weighted by Gasteiger charge is -2.33. The Hall–Kier alpha value is -1.22. The second kappa shape index (κ2) is 4.11. The summed E-state index contributed by atoms with van der Waals surface area (Å²) in [7, 11) is 0. The number of hydrogen-bond donors (Lipinski definition) is 3. The molecule has 0 saturated carbocycles. The van der Waals surface area contributed by atoms with Crippen LogP contribution in [-0.4, -0.2) is 16.8 Å². The molecule has 84 valence electrons. The molecule has 0 radical (unpaired) electrons. The fraction of sp³-hybridized carbons (Fsp3) is 0.500. The topological polar surface area (TPSA) is 66.5 Å². The Morgan fingerprint density at radius 1 is 1.27 bits per heavy atom. The van der Waals surface area contributed by atoms with Crippen LogP contribution in [0, 0.1) is 5.92 Å². The van der Waals surface area contributed by atoms with Crippen molar-refractivity contribution in [2.75, 3.05) is 6.54 Å². The first-order valence-electron chi connectivity index (χ1n) is 5.14. The number of aromatic hydroxyl groups is 2. The average molecular weight is 209 g/mol.